The number of rotatable bonds is 2. The SMILES string of the molecule is Cc1cccc(C(N)C2CC(C)(C)OC2(C)C)c1F. The molecule has 3 heteroatoms. The minimum absolute atomic E-state index is 0.110. The Bertz CT molecular complexity index is 482. The summed E-state index contributed by atoms with van der Waals surface area (Å²) < 4.78 is 20.3. The molecule has 2 rings (SSSR count). The van der Waals surface area contributed by atoms with Crippen molar-refractivity contribution in [3.8, 4) is 0 Å². The van der Waals surface area contributed by atoms with Crippen LogP contribution in [0.4, 0.5) is 4.39 Å². The molecule has 2 N–H and O–H groups in total. The van der Waals surface area contributed by atoms with E-state index in [2.05, 4.69) is 13.8 Å². The fourth-order valence-electron chi connectivity index (χ4n) is 3.31. The van der Waals surface area contributed by atoms with Gasteiger partial charge in [0.05, 0.1) is 11.2 Å². The van der Waals surface area contributed by atoms with Gasteiger partial charge in [-0.1, -0.05) is 18.2 Å². The lowest BCUT2D eigenvalue weighted by atomic mass is 9.79. The van der Waals surface area contributed by atoms with Crippen LogP contribution in [0.2, 0.25) is 0 Å². The molecule has 0 radical (unpaired) electrons. The van der Waals surface area contributed by atoms with Gasteiger partial charge in [-0.3, -0.25) is 0 Å². The van der Waals surface area contributed by atoms with Gasteiger partial charge in [-0.25, -0.2) is 4.39 Å². The van der Waals surface area contributed by atoms with Crippen LogP contribution in [-0.2, 0) is 4.74 Å². The van der Waals surface area contributed by atoms with Crippen molar-refractivity contribution in [3.05, 3.63) is 35.1 Å². The molecule has 1 aromatic rings. The van der Waals surface area contributed by atoms with Gasteiger partial charge in [0.25, 0.3) is 0 Å². The van der Waals surface area contributed by atoms with Crippen LogP contribution in [0.3, 0.4) is 0 Å². The van der Waals surface area contributed by atoms with Gasteiger partial charge >= 0.3 is 0 Å². The molecule has 1 aromatic carbocycles. The zero-order valence-electron chi connectivity index (χ0n) is 12.5. The minimum Gasteiger partial charge on any atom is -0.369 e. The van der Waals surface area contributed by atoms with Crippen molar-refractivity contribution >= 4 is 0 Å². The van der Waals surface area contributed by atoms with E-state index in [-0.39, 0.29) is 29.0 Å². The number of hydrogen-bond acceptors (Lipinski definition) is 2. The summed E-state index contributed by atoms with van der Waals surface area (Å²) in [6, 6.07) is 5.08. The molecule has 0 bridgehead atoms. The molecule has 2 atom stereocenters. The fraction of sp³-hybridized carbons (Fsp3) is 0.625. The lowest BCUT2D eigenvalue weighted by molar-refractivity contribution is -0.0768. The zero-order chi connectivity index (χ0) is 14.4. The van der Waals surface area contributed by atoms with Gasteiger partial charge in [-0.15, -0.1) is 0 Å². The Labute approximate surface area is 115 Å². The predicted molar refractivity (Wildman–Crippen MR) is 75.4 cm³/mol. The molecular weight excluding hydrogens is 241 g/mol. The van der Waals surface area contributed by atoms with Crippen molar-refractivity contribution in [2.45, 2.75) is 58.3 Å². The first-order chi connectivity index (χ1) is 8.64. The van der Waals surface area contributed by atoms with E-state index in [4.69, 9.17) is 10.5 Å². The van der Waals surface area contributed by atoms with E-state index >= 15 is 0 Å². The summed E-state index contributed by atoms with van der Waals surface area (Å²) in [6.07, 6.45) is 0.842. The Kier molecular flexibility index (Phi) is 3.48. The molecule has 1 aliphatic heterocycles. The van der Waals surface area contributed by atoms with Crippen LogP contribution in [0.1, 0.15) is 51.3 Å². The molecule has 1 heterocycles. The summed E-state index contributed by atoms with van der Waals surface area (Å²) in [6.45, 7) is 9.98. The number of hydrogen-bond donors (Lipinski definition) is 1. The lowest BCUT2D eigenvalue weighted by Gasteiger charge is -2.31. The molecule has 2 unspecified atom stereocenters. The number of halogens is 1. The molecule has 19 heavy (non-hydrogen) atoms. The van der Waals surface area contributed by atoms with Crippen molar-refractivity contribution in [2.24, 2.45) is 11.7 Å². The van der Waals surface area contributed by atoms with E-state index in [1.807, 2.05) is 19.9 Å². The highest BCUT2D eigenvalue weighted by Crippen LogP contribution is 2.47. The molecule has 0 aliphatic carbocycles. The highest BCUT2D eigenvalue weighted by Gasteiger charge is 2.48. The number of benzene rings is 1. The third-order valence-electron chi connectivity index (χ3n) is 4.16. The lowest BCUT2D eigenvalue weighted by Crippen LogP contribution is -2.36. The Hall–Kier alpha value is -0.930. The van der Waals surface area contributed by atoms with E-state index in [9.17, 15) is 4.39 Å². The largest absolute Gasteiger partial charge is 0.369 e. The van der Waals surface area contributed by atoms with Crippen molar-refractivity contribution < 1.29 is 9.13 Å². The predicted octanol–water partition coefficient (Wildman–Crippen LogP) is 3.73. The highest BCUT2D eigenvalue weighted by atomic mass is 19.1. The summed E-state index contributed by atoms with van der Waals surface area (Å²) in [5, 5.41) is 0. The summed E-state index contributed by atoms with van der Waals surface area (Å²) in [5.74, 6) is -0.0747. The summed E-state index contributed by atoms with van der Waals surface area (Å²) in [5.41, 5.74) is 7.05. The average molecular weight is 265 g/mol. The molecule has 1 fully saturated rings. The molecule has 0 amide bonds. The van der Waals surface area contributed by atoms with E-state index in [0.717, 1.165) is 6.42 Å². The van der Waals surface area contributed by atoms with Crippen molar-refractivity contribution in [2.75, 3.05) is 0 Å². The maximum atomic E-state index is 14.2. The third-order valence-corrected chi connectivity index (χ3v) is 4.16. The van der Waals surface area contributed by atoms with Crippen LogP contribution in [0.25, 0.3) is 0 Å². The van der Waals surface area contributed by atoms with Gasteiger partial charge < -0.3 is 10.5 Å². The smallest absolute Gasteiger partial charge is 0.130 e. The van der Waals surface area contributed by atoms with Crippen molar-refractivity contribution in [1.82, 2.24) is 0 Å². The first-order valence-corrected chi connectivity index (χ1v) is 6.85. The van der Waals surface area contributed by atoms with Gasteiger partial charge in [-0.2, -0.15) is 0 Å². The molecule has 1 saturated heterocycles. The quantitative estimate of drug-likeness (QED) is 0.884. The highest BCUT2D eigenvalue weighted by molar-refractivity contribution is 5.28. The molecular formula is C16H24FNO. The van der Waals surface area contributed by atoms with Crippen LogP contribution in [0, 0.1) is 18.7 Å². The Morgan fingerprint density at radius 2 is 1.95 bits per heavy atom. The van der Waals surface area contributed by atoms with Gasteiger partial charge in [0.2, 0.25) is 0 Å². The van der Waals surface area contributed by atoms with Crippen LogP contribution in [0.15, 0.2) is 18.2 Å². The maximum Gasteiger partial charge on any atom is 0.130 e. The van der Waals surface area contributed by atoms with Crippen LogP contribution < -0.4 is 5.73 Å². The molecule has 1 aliphatic rings. The molecule has 2 nitrogen and oxygen atoms in total. The van der Waals surface area contributed by atoms with Gasteiger partial charge in [0.15, 0.2) is 0 Å². The molecule has 106 valence electrons. The first-order valence-electron chi connectivity index (χ1n) is 6.85. The second-order valence-corrected chi connectivity index (χ2v) is 6.78. The second kappa shape index (κ2) is 4.57. The number of aryl methyl sites for hydroxylation is 1. The number of nitrogens with two attached hydrogens (primary N) is 1. The van der Waals surface area contributed by atoms with Gasteiger partial charge in [-0.05, 0) is 46.6 Å². The minimum atomic E-state index is -0.336. The van der Waals surface area contributed by atoms with E-state index in [1.165, 1.54) is 0 Å². The van der Waals surface area contributed by atoms with E-state index in [0.29, 0.717) is 11.1 Å². The second-order valence-electron chi connectivity index (χ2n) is 6.78. The standard InChI is InChI=1S/C16H24FNO/c1-10-7-6-8-11(13(10)17)14(18)12-9-15(2,3)19-16(12,4)5/h6-8,12,14H,9,18H2,1-5H3. The zero-order valence-corrected chi connectivity index (χ0v) is 12.5. The first kappa shape index (κ1) is 14.5. The summed E-state index contributed by atoms with van der Waals surface area (Å²) in [7, 11) is 0. The fourth-order valence-corrected chi connectivity index (χ4v) is 3.31. The Morgan fingerprint density at radius 1 is 1.32 bits per heavy atom. The van der Waals surface area contributed by atoms with E-state index in [1.54, 1.807) is 19.1 Å². The van der Waals surface area contributed by atoms with Gasteiger partial charge in [0, 0.05) is 17.5 Å². The van der Waals surface area contributed by atoms with Gasteiger partial charge in [0.1, 0.15) is 5.82 Å². The number of ether oxygens (including phenoxy) is 1. The van der Waals surface area contributed by atoms with Crippen molar-refractivity contribution in [1.29, 1.82) is 0 Å². The van der Waals surface area contributed by atoms with Crippen LogP contribution >= 0.6 is 0 Å². The molecule has 0 aromatic heterocycles. The Balaban J connectivity index is 2.34. The Morgan fingerprint density at radius 3 is 2.47 bits per heavy atom. The summed E-state index contributed by atoms with van der Waals surface area (Å²) in [4.78, 5) is 0. The van der Waals surface area contributed by atoms with Crippen molar-refractivity contribution in [3.63, 3.8) is 0 Å². The van der Waals surface area contributed by atoms with Crippen LogP contribution in [0.5, 0.6) is 0 Å². The normalized spacial score (nSPS) is 26.4. The molecule has 0 spiro atoms. The van der Waals surface area contributed by atoms with E-state index < -0.39 is 0 Å². The maximum absolute atomic E-state index is 14.2. The third kappa shape index (κ3) is 2.67. The summed E-state index contributed by atoms with van der Waals surface area (Å²) >= 11 is 0. The molecule has 0 saturated carbocycles. The monoisotopic (exact) mass is 265 g/mol. The average Bonchev–Trinajstić information content (AvgIpc) is 2.50. The van der Waals surface area contributed by atoms with Crippen LogP contribution in [-0.4, -0.2) is 11.2 Å². The topological polar surface area (TPSA) is 35.2 Å².